The molecule has 0 amide bonds. The molecule has 4 rings (SSSR count). The molecule has 4 nitrogen and oxygen atoms in total. The van der Waals surface area contributed by atoms with E-state index >= 15 is 0 Å². The Balaban J connectivity index is 1.52. The number of ether oxygens (including phenoxy) is 1. The van der Waals surface area contributed by atoms with Gasteiger partial charge in [0.1, 0.15) is 6.61 Å². The van der Waals surface area contributed by atoms with E-state index in [-0.39, 0.29) is 22.5 Å². The second-order valence-corrected chi connectivity index (χ2v) is 10.4. The molecule has 166 valence electrons. The number of fused-ring (bicyclic) bond motifs is 5. The number of rotatable bonds is 3. The van der Waals surface area contributed by atoms with E-state index in [0.717, 1.165) is 38.5 Å². The van der Waals surface area contributed by atoms with Crippen LogP contribution < -0.4 is 0 Å². The van der Waals surface area contributed by atoms with E-state index in [1.165, 1.54) is 5.57 Å². The zero-order chi connectivity index (χ0) is 29.4. The van der Waals surface area contributed by atoms with Gasteiger partial charge in [-0.25, -0.2) is 0 Å². The Kier molecular flexibility index (Phi) is 3.21. The van der Waals surface area contributed by atoms with E-state index in [0.29, 0.717) is 24.7 Å². The van der Waals surface area contributed by atoms with Crippen LogP contribution in [0.2, 0.25) is 0 Å². The quantitative estimate of drug-likeness (QED) is 0.579. The van der Waals surface area contributed by atoms with Crippen molar-refractivity contribution >= 4 is 17.5 Å². The summed E-state index contributed by atoms with van der Waals surface area (Å²) in [4.78, 5) is 38.5. The van der Waals surface area contributed by atoms with Crippen molar-refractivity contribution in [3.8, 4) is 0 Å². The molecule has 0 aromatic carbocycles. The van der Waals surface area contributed by atoms with E-state index in [1.54, 1.807) is 0 Å². The first-order valence-corrected chi connectivity index (χ1v) is 11.2. The monoisotopic (exact) mass is 423 g/mol. The standard InChI is InChI=1S/C26H38O4/c1-24(2,3)23(29)30-15-22(28)21-9-8-19-18-7-6-16-14-17(27)10-12-25(16,4)20(18)11-13-26(19,21)5/h14,18-21H,6-13,15H2,1-5H3/t18-,19-,20-,21+,25-,26-/m0/s1/i1D3,2D3,3D3. The maximum absolute atomic E-state index is 13.4. The SMILES string of the molecule is [2H]C([2H])([2H])C(C(=O)OCC(=O)[C@H]1CC[C@H]2[C@@H]3CCC4=CC(=O)CC[C@]4(C)[C@H]3CC[C@]12C)(C([2H])([2H])[2H])C([2H])([2H])[2H]. The summed E-state index contributed by atoms with van der Waals surface area (Å²) < 4.78 is 74.0. The zero-order valence-corrected chi connectivity index (χ0v) is 17.9. The highest BCUT2D eigenvalue weighted by Gasteiger charge is 2.60. The van der Waals surface area contributed by atoms with E-state index in [4.69, 9.17) is 17.1 Å². The maximum atomic E-state index is 13.4. The van der Waals surface area contributed by atoms with Crippen LogP contribution in [0.15, 0.2) is 11.6 Å². The Morgan fingerprint density at radius 3 is 2.60 bits per heavy atom. The zero-order valence-electron chi connectivity index (χ0n) is 26.9. The van der Waals surface area contributed by atoms with Crippen molar-refractivity contribution < 1.29 is 31.5 Å². The molecule has 0 bridgehead atoms. The fraction of sp³-hybridized carbons (Fsp3) is 0.808. The van der Waals surface area contributed by atoms with E-state index in [1.807, 2.05) is 6.08 Å². The summed E-state index contributed by atoms with van der Waals surface area (Å²) in [6, 6.07) is 0. The normalized spacial score (nSPS) is 46.4. The van der Waals surface area contributed by atoms with Gasteiger partial charge in [-0.05, 0) is 100 Å². The number of hydrogen-bond donors (Lipinski definition) is 0. The van der Waals surface area contributed by atoms with Gasteiger partial charge in [0.15, 0.2) is 11.6 Å². The molecule has 6 atom stereocenters. The van der Waals surface area contributed by atoms with Gasteiger partial charge in [-0.15, -0.1) is 0 Å². The van der Waals surface area contributed by atoms with Gasteiger partial charge in [-0.2, -0.15) is 0 Å². The second kappa shape index (κ2) is 7.31. The molecule has 0 heterocycles. The minimum atomic E-state index is -3.77. The Morgan fingerprint density at radius 2 is 1.87 bits per heavy atom. The van der Waals surface area contributed by atoms with Crippen LogP contribution in [0.3, 0.4) is 0 Å². The molecule has 0 saturated heterocycles. The molecule has 3 saturated carbocycles. The van der Waals surface area contributed by atoms with Crippen molar-refractivity contribution in [2.45, 2.75) is 85.8 Å². The van der Waals surface area contributed by atoms with Crippen LogP contribution in [0, 0.1) is 39.9 Å². The Hall–Kier alpha value is -1.45. The average Bonchev–Trinajstić information content (AvgIpc) is 3.12. The molecule has 3 fully saturated rings. The fourth-order valence-corrected chi connectivity index (χ4v) is 7.43. The third-order valence-corrected chi connectivity index (χ3v) is 9.00. The summed E-state index contributed by atoms with van der Waals surface area (Å²) in [5.41, 5.74) is -2.89. The molecule has 0 unspecified atom stereocenters. The summed E-state index contributed by atoms with van der Waals surface area (Å²) in [6.07, 6.45) is 8.15. The molecule has 0 aliphatic heterocycles. The molecule has 0 radical (unpaired) electrons. The number of allylic oxidation sites excluding steroid dienone is 1. The smallest absolute Gasteiger partial charge is 0.311 e. The van der Waals surface area contributed by atoms with Crippen molar-refractivity contribution in [2.24, 2.45) is 39.9 Å². The molecule has 0 aromatic heterocycles. The summed E-state index contributed by atoms with van der Waals surface area (Å²) >= 11 is 0. The molecule has 0 spiro atoms. The van der Waals surface area contributed by atoms with Crippen molar-refractivity contribution in [1.29, 1.82) is 0 Å². The summed E-state index contributed by atoms with van der Waals surface area (Å²) in [5.74, 6) is -1.54. The minimum Gasteiger partial charge on any atom is -0.457 e. The maximum Gasteiger partial charge on any atom is 0.311 e. The lowest BCUT2D eigenvalue weighted by atomic mass is 9.46. The molecule has 30 heavy (non-hydrogen) atoms. The summed E-state index contributed by atoms with van der Waals surface area (Å²) in [5, 5.41) is 0. The second-order valence-electron chi connectivity index (χ2n) is 10.4. The third kappa shape index (κ3) is 3.39. The van der Waals surface area contributed by atoms with Crippen LogP contribution >= 0.6 is 0 Å². The molecule has 0 N–H and O–H groups in total. The fourth-order valence-electron chi connectivity index (χ4n) is 7.43. The number of carbonyl (C=O) groups excluding carboxylic acids is 3. The van der Waals surface area contributed by atoms with Crippen LogP contribution in [-0.4, -0.2) is 24.1 Å². The first-order chi connectivity index (χ1) is 17.7. The van der Waals surface area contributed by atoms with Crippen molar-refractivity contribution in [3.05, 3.63) is 11.6 Å². The summed E-state index contributed by atoms with van der Waals surface area (Å²) in [7, 11) is 0. The third-order valence-electron chi connectivity index (χ3n) is 9.00. The Labute approximate surface area is 193 Å². The first-order valence-electron chi connectivity index (χ1n) is 15.7. The number of carbonyl (C=O) groups is 3. The first kappa shape index (κ1) is 13.2. The van der Waals surface area contributed by atoms with Gasteiger partial charge in [0.05, 0.1) is 5.41 Å². The van der Waals surface area contributed by atoms with E-state index < -0.39 is 50.2 Å². The molecule has 0 aromatic rings. The van der Waals surface area contributed by atoms with Gasteiger partial charge in [-0.1, -0.05) is 19.4 Å². The molecular formula is C26H38O4. The van der Waals surface area contributed by atoms with Crippen LogP contribution in [0.25, 0.3) is 0 Å². The topological polar surface area (TPSA) is 60.4 Å². The Bertz CT molecular complexity index is 1040. The molecule has 4 aliphatic rings. The van der Waals surface area contributed by atoms with Gasteiger partial charge in [0, 0.05) is 24.7 Å². The van der Waals surface area contributed by atoms with Crippen LogP contribution in [0.4, 0.5) is 0 Å². The predicted octanol–water partition coefficient (Wildman–Crippen LogP) is 5.29. The van der Waals surface area contributed by atoms with Crippen molar-refractivity contribution in [1.82, 2.24) is 0 Å². The van der Waals surface area contributed by atoms with Gasteiger partial charge in [0.25, 0.3) is 0 Å². The summed E-state index contributed by atoms with van der Waals surface area (Å²) in [6.45, 7) is -7.67. The number of esters is 1. The average molecular weight is 424 g/mol. The molecular weight excluding hydrogens is 376 g/mol. The number of hydrogen-bond acceptors (Lipinski definition) is 4. The largest absolute Gasteiger partial charge is 0.457 e. The lowest BCUT2D eigenvalue weighted by molar-refractivity contribution is -0.158. The number of ketones is 2. The van der Waals surface area contributed by atoms with Gasteiger partial charge < -0.3 is 4.74 Å². The molecule has 4 heteroatoms. The van der Waals surface area contributed by atoms with Gasteiger partial charge >= 0.3 is 5.97 Å². The van der Waals surface area contributed by atoms with E-state index in [2.05, 4.69) is 13.8 Å². The highest BCUT2D eigenvalue weighted by molar-refractivity contribution is 5.91. The number of Topliss-reactive ketones (excluding diaryl/α,β-unsaturated/α-hetero) is 1. The van der Waals surface area contributed by atoms with Crippen LogP contribution in [-0.2, 0) is 19.1 Å². The molecule has 4 aliphatic carbocycles. The minimum absolute atomic E-state index is 0.0149. The highest BCUT2D eigenvalue weighted by Crippen LogP contribution is 2.66. The van der Waals surface area contributed by atoms with Crippen LogP contribution in [0.1, 0.15) is 98.1 Å². The lowest BCUT2D eigenvalue weighted by Gasteiger charge is -2.58. The van der Waals surface area contributed by atoms with Crippen molar-refractivity contribution in [3.63, 3.8) is 0 Å². The lowest BCUT2D eigenvalue weighted by Crippen LogP contribution is -2.51. The highest BCUT2D eigenvalue weighted by atomic mass is 16.5. The predicted molar refractivity (Wildman–Crippen MR) is 116 cm³/mol. The van der Waals surface area contributed by atoms with E-state index in [9.17, 15) is 14.4 Å². The van der Waals surface area contributed by atoms with Gasteiger partial charge in [0.2, 0.25) is 0 Å². The Morgan fingerprint density at radius 1 is 1.10 bits per heavy atom. The van der Waals surface area contributed by atoms with Crippen LogP contribution in [0.5, 0.6) is 0 Å². The van der Waals surface area contributed by atoms with Gasteiger partial charge in [-0.3, -0.25) is 14.4 Å². The van der Waals surface area contributed by atoms with Crippen molar-refractivity contribution in [2.75, 3.05) is 6.61 Å².